The number of benzene rings is 1. The molecular formula is C16H21FN2O2. The van der Waals surface area contributed by atoms with Gasteiger partial charge < -0.3 is 9.64 Å². The molecule has 0 spiro atoms. The number of carbonyl (C=O) groups excluding carboxylic acids is 1. The number of rotatable bonds is 3. The van der Waals surface area contributed by atoms with Crippen LogP contribution in [0, 0.1) is 5.82 Å². The number of carbonyl (C=O) groups is 1. The van der Waals surface area contributed by atoms with Crippen molar-refractivity contribution in [3.05, 3.63) is 35.6 Å². The van der Waals surface area contributed by atoms with Gasteiger partial charge in [0.05, 0.1) is 18.2 Å². The Morgan fingerprint density at radius 2 is 2.10 bits per heavy atom. The molecule has 1 aromatic rings. The van der Waals surface area contributed by atoms with Gasteiger partial charge in [-0.05, 0) is 32.3 Å². The van der Waals surface area contributed by atoms with Crippen LogP contribution in [0.2, 0.25) is 0 Å². The van der Waals surface area contributed by atoms with Crippen molar-refractivity contribution >= 4 is 5.91 Å². The molecule has 2 fully saturated rings. The maximum absolute atomic E-state index is 14.1. The highest BCUT2D eigenvalue weighted by molar-refractivity contribution is 5.84. The first-order valence-corrected chi connectivity index (χ1v) is 7.49. The third-order valence-corrected chi connectivity index (χ3v) is 4.59. The van der Waals surface area contributed by atoms with Crippen molar-refractivity contribution < 1.29 is 13.9 Å². The molecule has 114 valence electrons. The molecule has 1 saturated carbocycles. The van der Waals surface area contributed by atoms with Gasteiger partial charge in [0.15, 0.2) is 0 Å². The first kappa shape index (κ1) is 14.5. The molecule has 1 N–H and O–H groups in total. The van der Waals surface area contributed by atoms with E-state index in [2.05, 4.69) is 5.32 Å². The summed E-state index contributed by atoms with van der Waals surface area (Å²) < 4.78 is 19.6. The molecule has 5 heteroatoms. The normalized spacial score (nSPS) is 32.9. The molecule has 3 rings (SSSR count). The van der Waals surface area contributed by atoms with Crippen LogP contribution in [0.1, 0.15) is 37.9 Å². The second kappa shape index (κ2) is 5.73. The number of nitrogens with one attached hydrogen (secondary N) is 1. The van der Waals surface area contributed by atoms with Gasteiger partial charge in [0.1, 0.15) is 12.0 Å². The Morgan fingerprint density at radius 1 is 1.33 bits per heavy atom. The summed E-state index contributed by atoms with van der Waals surface area (Å²) in [5, 5.41) is 3.21. The minimum absolute atomic E-state index is 0.0181. The van der Waals surface area contributed by atoms with Gasteiger partial charge in [-0.3, -0.25) is 10.1 Å². The molecule has 1 heterocycles. The molecule has 2 aliphatic rings. The van der Waals surface area contributed by atoms with Crippen LogP contribution in [-0.4, -0.2) is 36.1 Å². The molecule has 1 saturated heterocycles. The van der Waals surface area contributed by atoms with Crippen LogP contribution in [0.25, 0.3) is 0 Å². The number of halogens is 1. The summed E-state index contributed by atoms with van der Waals surface area (Å²) in [5.41, 5.74) is 0.525. The Kier molecular flexibility index (Phi) is 3.95. The van der Waals surface area contributed by atoms with Crippen LogP contribution in [0.4, 0.5) is 4.39 Å². The van der Waals surface area contributed by atoms with Crippen molar-refractivity contribution in [3.8, 4) is 0 Å². The molecule has 0 aromatic heterocycles. The summed E-state index contributed by atoms with van der Waals surface area (Å²) in [6.07, 6.45) is 2.52. The zero-order valence-corrected chi connectivity index (χ0v) is 12.4. The fourth-order valence-corrected chi connectivity index (χ4v) is 3.53. The topological polar surface area (TPSA) is 41.6 Å². The SMILES string of the molecule is COC1CCCC1N1C(=O)C(C)NC1c1ccccc1F. The Hall–Kier alpha value is -1.46. The van der Waals surface area contributed by atoms with E-state index in [0.29, 0.717) is 5.56 Å². The molecular weight excluding hydrogens is 271 g/mol. The smallest absolute Gasteiger partial charge is 0.241 e. The molecule has 1 aliphatic heterocycles. The second-order valence-electron chi connectivity index (χ2n) is 5.83. The van der Waals surface area contributed by atoms with Crippen molar-refractivity contribution in [1.29, 1.82) is 0 Å². The lowest BCUT2D eigenvalue weighted by atomic mass is 10.1. The van der Waals surface area contributed by atoms with Crippen LogP contribution in [0.5, 0.6) is 0 Å². The minimum Gasteiger partial charge on any atom is -0.379 e. The highest BCUT2D eigenvalue weighted by Gasteiger charge is 2.45. The largest absolute Gasteiger partial charge is 0.379 e. The minimum atomic E-state index is -0.408. The maximum atomic E-state index is 14.1. The lowest BCUT2D eigenvalue weighted by molar-refractivity contribution is -0.134. The maximum Gasteiger partial charge on any atom is 0.241 e. The molecule has 4 atom stereocenters. The van der Waals surface area contributed by atoms with E-state index < -0.39 is 6.17 Å². The first-order chi connectivity index (χ1) is 10.1. The Balaban J connectivity index is 1.95. The average Bonchev–Trinajstić information content (AvgIpc) is 3.05. The fourth-order valence-electron chi connectivity index (χ4n) is 3.53. The van der Waals surface area contributed by atoms with Crippen molar-refractivity contribution in [2.24, 2.45) is 0 Å². The van der Waals surface area contributed by atoms with Crippen LogP contribution in [-0.2, 0) is 9.53 Å². The molecule has 0 radical (unpaired) electrons. The van der Waals surface area contributed by atoms with E-state index in [4.69, 9.17) is 4.74 Å². The number of methoxy groups -OCH3 is 1. The molecule has 0 bridgehead atoms. The molecule has 1 aromatic carbocycles. The summed E-state index contributed by atoms with van der Waals surface area (Å²) in [7, 11) is 1.68. The summed E-state index contributed by atoms with van der Waals surface area (Å²) in [4.78, 5) is 14.3. The number of hydrogen-bond acceptors (Lipinski definition) is 3. The van der Waals surface area contributed by atoms with Gasteiger partial charge in [-0.1, -0.05) is 18.2 Å². The van der Waals surface area contributed by atoms with E-state index in [-0.39, 0.29) is 29.9 Å². The Bertz CT molecular complexity index is 537. The van der Waals surface area contributed by atoms with Crippen molar-refractivity contribution in [2.45, 2.75) is 50.5 Å². The van der Waals surface area contributed by atoms with Gasteiger partial charge >= 0.3 is 0 Å². The van der Waals surface area contributed by atoms with E-state index in [1.54, 1.807) is 30.2 Å². The van der Waals surface area contributed by atoms with E-state index in [0.717, 1.165) is 19.3 Å². The van der Waals surface area contributed by atoms with Crippen molar-refractivity contribution in [1.82, 2.24) is 10.2 Å². The average molecular weight is 292 g/mol. The first-order valence-electron chi connectivity index (χ1n) is 7.49. The highest BCUT2D eigenvalue weighted by Crippen LogP contribution is 2.36. The van der Waals surface area contributed by atoms with Crippen molar-refractivity contribution in [2.75, 3.05) is 7.11 Å². The van der Waals surface area contributed by atoms with Gasteiger partial charge in [0.25, 0.3) is 0 Å². The van der Waals surface area contributed by atoms with Gasteiger partial charge in [0, 0.05) is 12.7 Å². The van der Waals surface area contributed by atoms with E-state index in [1.165, 1.54) is 6.07 Å². The summed E-state index contributed by atoms with van der Waals surface area (Å²) in [5.74, 6) is -0.258. The quantitative estimate of drug-likeness (QED) is 0.928. The monoisotopic (exact) mass is 292 g/mol. The number of nitrogens with zero attached hydrogens (tertiary/aromatic N) is 1. The highest BCUT2D eigenvalue weighted by atomic mass is 19.1. The summed E-state index contributed by atoms with van der Waals surface area (Å²) >= 11 is 0. The molecule has 21 heavy (non-hydrogen) atoms. The van der Waals surface area contributed by atoms with Gasteiger partial charge in [-0.25, -0.2) is 4.39 Å². The van der Waals surface area contributed by atoms with E-state index in [1.807, 2.05) is 6.92 Å². The number of hydrogen-bond donors (Lipinski definition) is 1. The molecule has 1 amide bonds. The number of amides is 1. The van der Waals surface area contributed by atoms with Crippen LogP contribution >= 0.6 is 0 Å². The molecule has 4 unspecified atom stereocenters. The van der Waals surface area contributed by atoms with Crippen molar-refractivity contribution in [3.63, 3.8) is 0 Å². The lowest BCUT2D eigenvalue weighted by Crippen LogP contribution is -2.45. The van der Waals surface area contributed by atoms with Crippen LogP contribution in [0.15, 0.2) is 24.3 Å². The summed E-state index contributed by atoms with van der Waals surface area (Å²) in [6, 6.07) is 6.36. The van der Waals surface area contributed by atoms with E-state index >= 15 is 0 Å². The molecule has 1 aliphatic carbocycles. The van der Waals surface area contributed by atoms with Gasteiger partial charge in [-0.15, -0.1) is 0 Å². The zero-order chi connectivity index (χ0) is 15.0. The predicted molar refractivity (Wildman–Crippen MR) is 77.0 cm³/mol. The van der Waals surface area contributed by atoms with Gasteiger partial charge in [-0.2, -0.15) is 0 Å². The van der Waals surface area contributed by atoms with E-state index in [9.17, 15) is 9.18 Å². The fraction of sp³-hybridized carbons (Fsp3) is 0.562. The Labute approximate surface area is 124 Å². The third kappa shape index (κ3) is 2.45. The second-order valence-corrected chi connectivity index (χ2v) is 5.83. The third-order valence-electron chi connectivity index (χ3n) is 4.59. The Morgan fingerprint density at radius 3 is 2.81 bits per heavy atom. The summed E-state index contributed by atoms with van der Waals surface area (Å²) in [6.45, 7) is 1.83. The molecule has 4 nitrogen and oxygen atoms in total. The van der Waals surface area contributed by atoms with Crippen LogP contribution < -0.4 is 5.32 Å². The van der Waals surface area contributed by atoms with Gasteiger partial charge in [0.2, 0.25) is 5.91 Å². The number of ether oxygens (including phenoxy) is 1. The standard InChI is InChI=1S/C16H21FN2O2/c1-10-16(20)19(13-8-5-9-14(13)21-2)15(18-10)11-6-3-4-7-12(11)17/h3-4,6-7,10,13-15,18H,5,8-9H2,1-2H3. The lowest BCUT2D eigenvalue weighted by Gasteiger charge is -2.33. The predicted octanol–water partition coefficient (Wildman–Crippen LogP) is 2.21. The zero-order valence-electron chi connectivity index (χ0n) is 12.4. The van der Waals surface area contributed by atoms with Crippen LogP contribution in [0.3, 0.4) is 0 Å².